The molecule has 3 N–H and O–H groups in total. The van der Waals surface area contributed by atoms with E-state index in [0.29, 0.717) is 12.8 Å². The molecule has 0 heterocycles. The number of nitrogens with two attached hydrogens (primary N) is 1. The van der Waals surface area contributed by atoms with Gasteiger partial charge >= 0.3 is 5.97 Å². The molecule has 1 aromatic carbocycles. The summed E-state index contributed by atoms with van der Waals surface area (Å²) < 4.78 is 0. The van der Waals surface area contributed by atoms with Gasteiger partial charge in [-0.15, -0.1) is 12.4 Å². The summed E-state index contributed by atoms with van der Waals surface area (Å²) >= 11 is 0. The van der Waals surface area contributed by atoms with Crippen molar-refractivity contribution < 1.29 is 9.90 Å². The summed E-state index contributed by atoms with van der Waals surface area (Å²) in [5.41, 5.74) is 7.06. The predicted octanol–water partition coefficient (Wildman–Crippen LogP) is 1.38. The Bertz CT molecular complexity index is 381. The van der Waals surface area contributed by atoms with Crippen molar-refractivity contribution in [3.8, 4) is 0 Å². The van der Waals surface area contributed by atoms with Gasteiger partial charge in [0.15, 0.2) is 0 Å². The predicted molar refractivity (Wildman–Crippen MR) is 60.3 cm³/mol. The molecule has 15 heavy (non-hydrogen) atoms. The van der Waals surface area contributed by atoms with Crippen molar-refractivity contribution in [1.82, 2.24) is 0 Å². The molecule has 0 amide bonds. The smallest absolute Gasteiger partial charge is 0.324 e. The van der Waals surface area contributed by atoms with Gasteiger partial charge < -0.3 is 10.8 Å². The second-order valence-corrected chi connectivity index (χ2v) is 3.91. The summed E-state index contributed by atoms with van der Waals surface area (Å²) in [6.45, 7) is 0. The van der Waals surface area contributed by atoms with Crippen LogP contribution < -0.4 is 5.73 Å². The molecular formula is C11H14ClNO2. The first-order chi connectivity index (χ1) is 6.62. The molecule has 1 unspecified atom stereocenters. The Kier molecular flexibility index (Phi) is 3.37. The highest BCUT2D eigenvalue weighted by atomic mass is 35.5. The number of halogens is 1. The summed E-state index contributed by atoms with van der Waals surface area (Å²) in [6, 6.07) is 7.89. The summed E-state index contributed by atoms with van der Waals surface area (Å²) in [4.78, 5) is 11.0. The van der Waals surface area contributed by atoms with Gasteiger partial charge in [0, 0.05) is 6.42 Å². The van der Waals surface area contributed by atoms with Gasteiger partial charge in [0.25, 0.3) is 0 Å². The summed E-state index contributed by atoms with van der Waals surface area (Å²) in [5.74, 6) is -0.896. The van der Waals surface area contributed by atoms with Gasteiger partial charge in [0.1, 0.15) is 5.54 Å². The lowest BCUT2D eigenvalue weighted by Crippen LogP contribution is -2.52. The molecule has 2 rings (SSSR count). The number of fused-ring (bicyclic) bond motifs is 1. The minimum atomic E-state index is -1.06. The Labute approximate surface area is 94.7 Å². The third kappa shape index (κ3) is 2.13. The van der Waals surface area contributed by atoms with Crippen molar-refractivity contribution in [2.75, 3.05) is 0 Å². The average molecular weight is 228 g/mol. The molecule has 0 saturated heterocycles. The van der Waals surface area contributed by atoms with E-state index >= 15 is 0 Å². The molecule has 0 saturated carbocycles. The number of rotatable bonds is 1. The molecule has 0 bridgehead atoms. The Morgan fingerprint density at radius 1 is 1.33 bits per heavy atom. The monoisotopic (exact) mass is 227 g/mol. The fraction of sp³-hybridized carbons (Fsp3) is 0.364. The summed E-state index contributed by atoms with van der Waals surface area (Å²) in [6.07, 6.45) is 1.73. The van der Waals surface area contributed by atoms with Crippen LogP contribution in [0.4, 0.5) is 0 Å². The van der Waals surface area contributed by atoms with Crippen LogP contribution in [0.3, 0.4) is 0 Å². The third-order valence-corrected chi connectivity index (χ3v) is 2.89. The fourth-order valence-corrected chi connectivity index (χ4v) is 1.94. The van der Waals surface area contributed by atoms with E-state index < -0.39 is 11.5 Å². The highest BCUT2D eigenvalue weighted by molar-refractivity contribution is 5.85. The van der Waals surface area contributed by atoms with E-state index in [4.69, 9.17) is 10.8 Å². The number of carbonyl (C=O) groups is 1. The summed E-state index contributed by atoms with van der Waals surface area (Å²) in [5, 5.41) is 9.00. The number of carboxylic acids is 1. The molecule has 0 aliphatic heterocycles. The fourth-order valence-electron chi connectivity index (χ4n) is 1.94. The second-order valence-electron chi connectivity index (χ2n) is 3.91. The molecule has 0 spiro atoms. The topological polar surface area (TPSA) is 63.3 Å². The van der Waals surface area contributed by atoms with Crippen LogP contribution in [-0.4, -0.2) is 16.6 Å². The van der Waals surface area contributed by atoms with Crippen molar-refractivity contribution >= 4 is 18.4 Å². The average Bonchev–Trinajstić information content (AvgIpc) is 2.17. The zero-order valence-electron chi connectivity index (χ0n) is 8.27. The molecule has 0 radical (unpaired) electrons. The SMILES string of the molecule is Cl.NC1(C(=O)O)CCc2ccccc2C1. The van der Waals surface area contributed by atoms with Crippen LogP contribution >= 0.6 is 12.4 Å². The number of carboxylic acid groups (broad SMARTS) is 1. The van der Waals surface area contributed by atoms with Crippen molar-refractivity contribution in [2.45, 2.75) is 24.8 Å². The number of aryl methyl sites for hydroxylation is 1. The minimum absolute atomic E-state index is 0. The van der Waals surface area contributed by atoms with Gasteiger partial charge in [-0.05, 0) is 24.0 Å². The number of hydrogen-bond donors (Lipinski definition) is 2. The number of hydrogen-bond acceptors (Lipinski definition) is 2. The van der Waals surface area contributed by atoms with E-state index in [1.54, 1.807) is 0 Å². The molecule has 1 atom stereocenters. The Hall–Kier alpha value is -1.06. The lowest BCUT2D eigenvalue weighted by Gasteiger charge is -2.30. The lowest BCUT2D eigenvalue weighted by atomic mass is 9.79. The van der Waals surface area contributed by atoms with Crippen LogP contribution in [0.5, 0.6) is 0 Å². The van der Waals surface area contributed by atoms with Gasteiger partial charge in [0.2, 0.25) is 0 Å². The van der Waals surface area contributed by atoms with Crippen molar-refractivity contribution in [1.29, 1.82) is 0 Å². The highest BCUT2D eigenvalue weighted by Gasteiger charge is 2.37. The molecule has 82 valence electrons. The number of aliphatic carboxylic acids is 1. The van der Waals surface area contributed by atoms with E-state index in [1.807, 2.05) is 24.3 Å². The largest absolute Gasteiger partial charge is 0.480 e. The van der Waals surface area contributed by atoms with Gasteiger partial charge in [0.05, 0.1) is 0 Å². The first-order valence-electron chi connectivity index (χ1n) is 4.71. The summed E-state index contributed by atoms with van der Waals surface area (Å²) in [7, 11) is 0. The van der Waals surface area contributed by atoms with Crippen LogP contribution in [0.15, 0.2) is 24.3 Å². The maximum Gasteiger partial charge on any atom is 0.324 e. The van der Waals surface area contributed by atoms with Crippen molar-refractivity contribution in [3.05, 3.63) is 35.4 Å². The molecule has 1 aliphatic carbocycles. The Morgan fingerprint density at radius 2 is 1.93 bits per heavy atom. The first-order valence-corrected chi connectivity index (χ1v) is 4.71. The Balaban J connectivity index is 0.00000112. The van der Waals surface area contributed by atoms with Crippen LogP contribution in [0, 0.1) is 0 Å². The van der Waals surface area contributed by atoms with E-state index in [2.05, 4.69) is 0 Å². The van der Waals surface area contributed by atoms with Gasteiger partial charge in [-0.2, -0.15) is 0 Å². The maximum atomic E-state index is 11.0. The zero-order chi connectivity index (χ0) is 10.2. The van der Waals surface area contributed by atoms with Crippen LogP contribution in [0.1, 0.15) is 17.5 Å². The molecular weight excluding hydrogens is 214 g/mol. The standard InChI is InChI=1S/C11H13NO2.ClH/c12-11(10(13)14)6-5-8-3-1-2-4-9(8)7-11;/h1-4H,5-7,12H2,(H,13,14);1H. The minimum Gasteiger partial charge on any atom is -0.480 e. The van der Waals surface area contributed by atoms with E-state index in [9.17, 15) is 4.79 Å². The van der Waals surface area contributed by atoms with Crippen LogP contribution in [0.2, 0.25) is 0 Å². The molecule has 4 heteroatoms. The van der Waals surface area contributed by atoms with Crippen molar-refractivity contribution in [2.24, 2.45) is 5.73 Å². The first kappa shape index (κ1) is 12.0. The van der Waals surface area contributed by atoms with Gasteiger partial charge in [-0.3, -0.25) is 4.79 Å². The lowest BCUT2D eigenvalue weighted by molar-refractivity contribution is -0.143. The van der Waals surface area contributed by atoms with Gasteiger partial charge in [-0.25, -0.2) is 0 Å². The highest BCUT2D eigenvalue weighted by Crippen LogP contribution is 2.26. The quantitative estimate of drug-likeness (QED) is 0.762. The molecule has 1 aliphatic rings. The van der Waals surface area contributed by atoms with E-state index in [-0.39, 0.29) is 12.4 Å². The van der Waals surface area contributed by atoms with Crippen LogP contribution in [-0.2, 0) is 17.6 Å². The maximum absolute atomic E-state index is 11.0. The zero-order valence-corrected chi connectivity index (χ0v) is 9.09. The number of benzene rings is 1. The molecule has 0 fully saturated rings. The normalized spacial score (nSPS) is 23.8. The molecule has 0 aromatic heterocycles. The van der Waals surface area contributed by atoms with E-state index in [1.165, 1.54) is 5.56 Å². The molecule has 3 nitrogen and oxygen atoms in total. The second kappa shape index (κ2) is 4.21. The molecule has 1 aromatic rings. The van der Waals surface area contributed by atoms with Crippen LogP contribution in [0.25, 0.3) is 0 Å². The Morgan fingerprint density at radius 3 is 2.53 bits per heavy atom. The van der Waals surface area contributed by atoms with Crippen molar-refractivity contribution in [3.63, 3.8) is 0 Å². The third-order valence-electron chi connectivity index (χ3n) is 2.89. The van der Waals surface area contributed by atoms with Gasteiger partial charge in [-0.1, -0.05) is 24.3 Å². The van der Waals surface area contributed by atoms with E-state index in [0.717, 1.165) is 12.0 Å².